The zero-order chi connectivity index (χ0) is 36.9. The van der Waals surface area contributed by atoms with E-state index < -0.39 is 11.9 Å². The van der Waals surface area contributed by atoms with E-state index in [9.17, 15) is 14.7 Å². The molecule has 0 bridgehead atoms. The number of hydrogen-bond acceptors (Lipinski definition) is 8. The molecule has 0 saturated heterocycles. The van der Waals surface area contributed by atoms with Crippen molar-refractivity contribution in [2.75, 3.05) is 66.0 Å². The maximum Gasteiger partial charge on any atom is 0.316 e. The van der Waals surface area contributed by atoms with Gasteiger partial charge in [-0.05, 0) is 104 Å². The summed E-state index contributed by atoms with van der Waals surface area (Å²) in [5.74, 6) is 2.39. The van der Waals surface area contributed by atoms with Gasteiger partial charge in [0, 0.05) is 19.6 Å². The second-order valence-electron chi connectivity index (χ2n) is 17.2. The minimum atomic E-state index is -1.17. The maximum absolute atomic E-state index is 12.8. The molecular weight excluding hydrogens is 646 g/mol. The number of carboxylic acids is 1. The van der Waals surface area contributed by atoms with Crippen molar-refractivity contribution in [2.24, 2.45) is 58.0 Å². The van der Waals surface area contributed by atoms with E-state index in [2.05, 4.69) is 40.7 Å². The number of Topliss-reactive ketones (excluding diaryl/α,β-unsaturated/α-hetero) is 1. The van der Waals surface area contributed by atoms with Crippen molar-refractivity contribution in [3.63, 3.8) is 0 Å². The number of carbonyl (C=O) groups excluding carboxylic acids is 1. The first-order chi connectivity index (χ1) is 24.5. The lowest BCUT2D eigenvalue weighted by atomic mass is 9.47. The van der Waals surface area contributed by atoms with Gasteiger partial charge in [-0.1, -0.05) is 65.5 Å². The molecule has 0 radical (unpaired) electrons. The fourth-order valence-corrected chi connectivity index (χ4v) is 10.7. The maximum atomic E-state index is 12.8. The fraction of sp³-hybridized carbons (Fsp3) is 0.905. The molecule has 9 nitrogen and oxygen atoms in total. The van der Waals surface area contributed by atoms with E-state index in [0.29, 0.717) is 64.6 Å². The van der Waals surface area contributed by atoms with Crippen LogP contribution in [0.2, 0.25) is 0 Å². The summed E-state index contributed by atoms with van der Waals surface area (Å²) in [5, 5.41) is 9.64. The molecule has 0 aromatic heterocycles. The smallest absolute Gasteiger partial charge is 0.316 e. The Morgan fingerprint density at radius 3 is 2.20 bits per heavy atom. The molecule has 3 fully saturated rings. The Morgan fingerprint density at radius 2 is 1.53 bits per heavy atom. The lowest BCUT2D eigenvalue weighted by Crippen LogP contribution is -2.51. The fourth-order valence-electron chi connectivity index (χ4n) is 10.7. The summed E-state index contributed by atoms with van der Waals surface area (Å²) in [6.07, 6.45) is 17.7. The summed E-state index contributed by atoms with van der Waals surface area (Å²) in [7, 11) is 0. The van der Waals surface area contributed by atoms with Gasteiger partial charge in [-0.3, -0.25) is 9.59 Å². The molecule has 0 heterocycles. The van der Waals surface area contributed by atoms with Crippen LogP contribution in [0.25, 0.3) is 0 Å². The van der Waals surface area contributed by atoms with E-state index in [1.54, 1.807) is 5.57 Å². The summed E-state index contributed by atoms with van der Waals surface area (Å²) in [6, 6.07) is 0. The number of ketones is 1. The van der Waals surface area contributed by atoms with Crippen molar-refractivity contribution >= 4 is 11.8 Å². The van der Waals surface area contributed by atoms with Crippen LogP contribution < -0.4 is 5.73 Å². The summed E-state index contributed by atoms with van der Waals surface area (Å²) < 4.78 is 27.9. The molecule has 4 aliphatic carbocycles. The Balaban J connectivity index is 1.14. The van der Waals surface area contributed by atoms with E-state index in [1.165, 1.54) is 57.8 Å². The molecule has 0 aliphatic heterocycles. The SMILES string of the molecule is CC(C)CCC[C@@H](C)[C@H]1CC[C@H]2[C@@H]3CC=C4C[C@@H](OCCCC(=O)C(COCCOCCOCCOCCN)C(=O)O)CC[C@]4(C)[C@H]3CC[C@]12C. The van der Waals surface area contributed by atoms with Crippen molar-refractivity contribution < 1.29 is 38.4 Å². The summed E-state index contributed by atoms with van der Waals surface area (Å²) in [4.78, 5) is 24.6. The number of rotatable bonds is 25. The standard InChI is InChI=1S/C42H73NO8/c1-30(2)8-6-9-31(3)36-13-14-37-34-12-11-32-28-33(15-17-41(32,4)38(34)16-18-42(36,37)5)51-20-7-10-39(44)35(40(45)46)29-50-27-26-49-25-24-48-23-22-47-21-19-43/h11,30-31,33-38H,6-10,12-29,43H2,1-5H3,(H,45,46)/t31-,33+,34+,35?,36-,37+,38+,41+,42-/m1/s1. The number of carbonyl (C=O) groups is 2. The van der Waals surface area contributed by atoms with Crippen LogP contribution >= 0.6 is 0 Å². The van der Waals surface area contributed by atoms with Crippen LogP contribution in [0.3, 0.4) is 0 Å². The number of allylic oxidation sites excluding steroid dienone is 1. The van der Waals surface area contributed by atoms with Crippen LogP contribution in [0.4, 0.5) is 0 Å². The highest BCUT2D eigenvalue weighted by atomic mass is 16.6. The number of carboxylic acid groups (broad SMARTS) is 1. The summed E-state index contributed by atoms with van der Waals surface area (Å²) in [6.45, 7) is 16.2. The van der Waals surface area contributed by atoms with Crippen molar-refractivity contribution in [3.8, 4) is 0 Å². The average Bonchev–Trinajstić information content (AvgIpc) is 3.45. The van der Waals surface area contributed by atoms with E-state index in [-0.39, 0.29) is 36.9 Å². The zero-order valence-corrected chi connectivity index (χ0v) is 32.8. The third-order valence-electron chi connectivity index (χ3n) is 13.5. The Hall–Kier alpha value is -1.36. The van der Waals surface area contributed by atoms with E-state index in [0.717, 1.165) is 48.3 Å². The average molecular weight is 720 g/mol. The van der Waals surface area contributed by atoms with Crippen LogP contribution in [0.1, 0.15) is 118 Å². The van der Waals surface area contributed by atoms with E-state index >= 15 is 0 Å². The third kappa shape index (κ3) is 11.6. The molecule has 4 rings (SSSR count). The quantitative estimate of drug-likeness (QED) is 0.0561. The highest BCUT2D eigenvalue weighted by Crippen LogP contribution is 2.67. The summed E-state index contributed by atoms with van der Waals surface area (Å²) in [5.41, 5.74) is 7.77. The third-order valence-corrected chi connectivity index (χ3v) is 13.5. The van der Waals surface area contributed by atoms with Gasteiger partial charge in [-0.2, -0.15) is 0 Å². The first-order valence-corrected chi connectivity index (χ1v) is 20.6. The van der Waals surface area contributed by atoms with E-state index in [1.807, 2.05) is 0 Å². The van der Waals surface area contributed by atoms with E-state index in [4.69, 9.17) is 29.4 Å². The molecule has 0 aromatic rings. The molecule has 0 amide bonds. The molecule has 51 heavy (non-hydrogen) atoms. The van der Waals surface area contributed by atoms with Gasteiger partial charge in [0.05, 0.1) is 59.0 Å². The zero-order valence-electron chi connectivity index (χ0n) is 32.8. The van der Waals surface area contributed by atoms with Gasteiger partial charge >= 0.3 is 5.97 Å². The van der Waals surface area contributed by atoms with Crippen molar-refractivity contribution in [2.45, 2.75) is 124 Å². The lowest BCUT2D eigenvalue weighted by molar-refractivity contribution is -0.149. The minimum absolute atomic E-state index is 0.150. The monoisotopic (exact) mass is 720 g/mol. The van der Waals surface area contributed by atoms with Crippen LogP contribution in [0.15, 0.2) is 11.6 Å². The predicted molar refractivity (Wildman–Crippen MR) is 200 cm³/mol. The molecule has 9 atom stereocenters. The molecule has 9 heteroatoms. The molecule has 4 aliphatic rings. The normalized spacial score (nSPS) is 31.4. The highest BCUT2D eigenvalue weighted by molar-refractivity contribution is 5.98. The van der Waals surface area contributed by atoms with Crippen molar-refractivity contribution in [3.05, 3.63) is 11.6 Å². The lowest BCUT2D eigenvalue weighted by Gasteiger charge is -2.58. The number of fused-ring (bicyclic) bond motifs is 5. The second-order valence-corrected chi connectivity index (χ2v) is 17.2. The van der Waals surface area contributed by atoms with Crippen LogP contribution in [0, 0.1) is 52.3 Å². The number of aliphatic carboxylic acids is 1. The summed E-state index contributed by atoms with van der Waals surface area (Å²) >= 11 is 0. The first-order valence-electron chi connectivity index (χ1n) is 20.6. The van der Waals surface area contributed by atoms with Gasteiger partial charge < -0.3 is 34.5 Å². The molecule has 0 aromatic carbocycles. The predicted octanol–water partition coefficient (Wildman–Crippen LogP) is 7.49. The minimum Gasteiger partial charge on any atom is -0.481 e. The van der Waals surface area contributed by atoms with Gasteiger partial charge in [0.25, 0.3) is 0 Å². The Kier molecular flexibility index (Phi) is 17.4. The van der Waals surface area contributed by atoms with Gasteiger partial charge in [-0.15, -0.1) is 0 Å². The molecule has 3 N–H and O–H groups in total. The largest absolute Gasteiger partial charge is 0.481 e. The number of nitrogens with two attached hydrogens (primary N) is 1. The first kappa shape index (κ1) is 42.4. The van der Waals surface area contributed by atoms with Gasteiger partial charge in [0.1, 0.15) is 11.7 Å². The molecule has 1 unspecified atom stereocenters. The van der Waals surface area contributed by atoms with Crippen molar-refractivity contribution in [1.82, 2.24) is 0 Å². The topological polar surface area (TPSA) is 127 Å². The molecule has 0 spiro atoms. The van der Waals surface area contributed by atoms with Gasteiger partial charge in [-0.25, -0.2) is 0 Å². The van der Waals surface area contributed by atoms with Crippen LogP contribution in [-0.4, -0.2) is 89.0 Å². The van der Waals surface area contributed by atoms with Crippen molar-refractivity contribution in [1.29, 1.82) is 0 Å². The van der Waals surface area contributed by atoms with Gasteiger partial charge in [0.2, 0.25) is 0 Å². The Morgan fingerprint density at radius 1 is 0.843 bits per heavy atom. The number of hydrogen-bond donors (Lipinski definition) is 2. The molecule has 3 saturated carbocycles. The van der Waals surface area contributed by atoms with Crippen LogP contribution in [-0.2, 0) is 33.3 Å². The Labute approximate surface area is 309 Å². The van der Waals surface area contributed by atoms with Crippen LogP contribution in [0.5, 0.6) is 0 Å². The second kappa shape index (κ2) is 20.9. The Bertz CT molecular complexity index is 1100. The number of ether oxygens (including phenoxy) is 5. The highest BCUT2D eigenvalue weighted by Gasteiger charge is 2.59. The van der Waals surface area contributed by atoms with Gasteiger partial charge in [0.15, 0.2) is 0 Å². The molecular formula is C42H73NO8. The molecule has 294 valence electrons.